The Morgan fingerprint density at radius 1 is 1.22 bits per heavy atom. The molecule has 0 aliphatic heterocycles. The fraction of sp³-hybridized carbons (Fsp3) is 0. The van der Waals surface area contributed by atoms with Crippen LogP contribution in [0.5, 0.6) is 11.5 Å². The highest BCUT2D eigenvalue weighted by Crippen LogP contribution is 2.21. The van der Waals surface area contributed by atoms with Crippen LogP contribution in [0.1, 0.15) is 15.9 Å². The summed E-state index contributed by atoms with van der Waals surface area (Å²) in [4.78, 5) is 21.9. The number of rotatable bonds is 4. The Hall–Kier alpha value is -3.13. The number of hydrogen-bond acceptors (Lipinski definition) is 6. The third-order valence-electron chi connectivity index (χ3n) is 2.72. The summed E-state index contributed by atoms with van der Waals surface area (Å²) in [5.41, 5.74) is 2.23. The number of nitrogens with one attached hydrogen (secondary N) is 1. The number of nitro groups is 1. The number of halogens is 1. The van der Waals surface area contributed by atoms with Crippen LogP contribution in [-0.4, -0.2) is 27.3 Å². The summed E-state index contributed by atoms with van der Waals surface area (Å²) in [7, 11) is 0. The van der Waals surface area contributed by atoms with Crippen molar-refractivity contribution in [2.24, 2.45) is 5.10 Å². The molecular weight excluding hydrogens is 326 g/mol. The highest BCUT2D eigenvalue weighted by Gasteiger charge is 2.09. The van der Waals surface area contributed by atoms with Crippen LogP contribution in [0.2, 0.25) is 5.02 Å². The molecule has 0 aliphatic carbocycles. The number of amides is 1. The van der Waals surface area contributed by atoms with E-state index in [0.29, 0.717) is 0 Å². The predicted octanol–water partition coefficient (Wildman–Crippen LogP) is 2.42. The lowest BCUT2D eigenvalue weighted by molar-refractivity contribution is -0.384. The summed E-state index contributed by atoms with van der Waals surface area (Å²) in [5, 5.41) is 33.2. The first kappa shape index (κ1) is 16.2. The van der Waals surface area contributed by atoms with E-state index >= 15 is 0 Å². The lowest BCUT2D eigenvalue weighted by Gasteiger charge is -2.02. The zero-order chi connectivity index (χ0) is 17.0. The summed E-state index contributed by atoms with van der Waals surface area (Å²) in [6, 6.07) is 7.15. The highest BCUT2D eigenvalue weighted by molar-refractivity contribution is 6.33. The Bertz CT molecular complexity index is 787. The molecule has 23 heavy (non-hydrogen) atoms. The Balaban J connectivity index is 2.14. The minimum absolute atomic E-state index is 0.00945. The van der Waals surface area contributed by atoms with Gasteiger partial charge < -0.3 is 10.2 Å². The van der Waals surface area contributed by atoms with Crippen LogP contribution in [-0.2, 0) is 0 Å². The number of nitro benzene ring substituents is 1. The molecule has 1 amide bonds. The maximum atomic E-state index is 11.8. The van der Waals surface area contributed by atoms with Crippen molar-refractivity contribution in [3.8, 4) is 11.5 Å². The second-order valence-corrected chi connectivity index (χ2v) is 4.81. The van der Waals surface area contributed by atoms with Crippen molar-refractivity contribution in [3.63, 3.8) is 0 Å². The summed E-state index contributed by atoms with van der Waals surface area (Å²) >= 11 is 5.88. The molecule has 0 heterocycles. The second kappa shape index (κ2) is 6.75. The van der Waals surface area contributed by atoms with Gasteiger partial charge in [0.15, 0.2) is 0 Å². The van der Waals surface area contributed by atoms with Crippen molar-refractivity contribution < 1.29 is 19.9 Å². The lowest BCUT2D eigenvalue weighted by Crippen LogP contribution is -2.17. The molecule has 0 bridgehead atoms. The van der Waals surface area contributed by atoms with Crippen molar-refractivity contribution in [2.45, 2.75) is 0 Å². The normalized spacial score (nSPS) is 10.7. The molecule has 0 saturated heterocycles. The van der Waals surface area contributed by atoms with E-state index in [0.717, 1.165) is 24.4 Å². The Morgan fingerprint density at radius 2 is 1.87 bits per heavy atom. The van der Waals surface area contributed by atoms with E-state index in [9.17, 15) is 25.1 Å². The molecule has 2 rings (SSSR count). The van der Waals surface area contributed by atoms with E-state index < -0.39 is 10.8 Å². The molecule has 3 N–H and O–H groups in total. The fourth-order valence-electron chi connectivity index (χ4n) is 1.69. The molecule has 118 valence electrons. The predicted molar refractivity (Wildman–Crippen MR) is 82.9 cm³/mol. The van der Waals surface area contributed by atoms with E-state index in [-0.39, 0.29) is 33.3 Å². The Morgan fingerprint density at radius 3 is 2.48 bits per heavy atom. The third kappa shape index (κ3) is 4.17. The van der Waals surface area contributed by atoms with Crippen molar-refractivity contribution in [2.75, 3.05) is 0 Å². The smallest absolute Gasteiger partial charge is 0.271 e. The highest BCUT2D eigenvalue weighted by atomic mass is 35.5. The van der Waals surface area contributed by atoms with Crippen LogP contribution in [0.4, 0.5) is 5.69 Å². The molecule has 9 heteroatoms. The molecule has 0 radical (unpaired) electrons. The first-order valence-electron chi connectivity index (χ1n) is 6.17. The first-order chi connectivity index (χ1) is 10.9. The number of aromatic hydroxyl groups is 2. The molecule has 0 aromatic heterocycles. The topological polar surface area (TPSA) is 125 Å². The number of benzene rings is 2. The minimum atomic E-state index is -0.686. The maximum Gasteiger partial charge on any atom is 0.271 e. The number of carbonyl (C=O) groups excluding carboxylic acids is 1. The van der Waals surface area contributed by atoms with Crippen LogP contribution >= 0.6 is 11.6 Å². The SMILES string of the molecule is O=C(N/N=C\c1cc([N+](=O)[O-])ccc1Cl)c1cc(O)cc(O)c1. The van der Waals surface area contributed by atoms with Crippen LogP contribution in [0, 0.1) is 10.1 Å². The Kier molecular flexibility index (Phi) is 4.77. The van der Waals surface area contributed by atoms with Crippen molar-refractivity contribution >= 4 is 29.4 Å². The molecule has 0 saturated carbocycles. The summed E-state index contributed by atoms with van der Waals surface area (Å²) in [6.45, 7) is 0. The van der Waals surface area contributed by atoms with E-state index in [1.54, 1.807) is 0 Å². The van der Waals surface area contributed by atoms with Gasteiger partial charge in [-0.3, -0.25) is 14.9 Å². The van der Waals surface area contributed by atoms with Crippen molar-refractivity contribution in [3.05, 3.63) is 62.7 Å². The summed E-state index contributed by atoms with van der Waals surface area (Å²) in [6.07, 6.45) is 1.15. The van der Waals surface area contributed by atoms with Gasteiger partial charge in [-0.15, -0.1) is 0 Å². The third-order valence-corrected chi connectivity index (χ3v) is 3.07. The molecule has 0 aliphatic rings. The van der Waals surface area contributed by atoms with Gasteiger partial charge in [0.25, 0.3) is 11.6 Å². The number of phenols is 2. The van der Waals surface area contributed by atoms with Gasteiger partial charge in [-0.2, -0.15) is 5.10 Å². The van der Waals surface area contributed by atoms with Crippen LogP contribution in [0.15, 0.2) is 41.5 Å². The zero-order valence-corrected chi connectivity index (χ0v) is 12.2. The molecule has 0 spiro atoms. The molecule has 0 atom stereocenters. The van der Waals surface area contributed by atoms with Gasteiger partial charge in [-0.1, -0.05) is 11.6 Å². The first-order valence-corrected chi connectivity index (χ1v) is 6.55. The largest absolute Gasteiger partial charge is 0.508 e. The lowest BCUT2D eigenvalue weighted by atomic mass is 10.2. The van der Waals surface area contributed by atoms with Crippen LogP contribution in [0.25, 0.3) is 0 Å². The second-order valence-electron chi connectivity index (χ2n) is 4.40. The van der Waals surface area contributed by atoms with Gasteiger partial charge >= 0.3 is 0 Å². The van der Waals surface area contributed by atoms with Gasteiger partial charge in [-0.05, 0) is 18.2 Å². The van der Waals surface area contributed by atoms with Crippen LogP contribution < -0.4 is 5.43 Å². The maximum absolute atomic E-state index is 11.8. The quantitative estimate of drug-likeness (QED) is 0.449. The zero-order valence-electron chi connectivity index (χ0n) is 11.4. The average Bonchev–Trinajstić information content (AvgIpc) is 2.47. The molecule has 8 nitrogen and oxygen atoms in total. The van der Waals surface area contributed by atoms with Crippen LogP contribution in [0.3, 0.4) is 0 Å². The molecule has 0 fully saturated rings. The molecule has 2 aromatic carbocycles. The number of carbonyl (C=O) groups is 1. The number of non-ortho nitro benzene ring substituents is 1. The van der Waals surface area contributed by atoms with E-state index in [1.807, 2.05) is 0 Å². The van der Waals surface area contributed by atoms with E-state index in [4.69, 9.17) is 11.6 Å². The average molecular weight is 336 g/mol. The van der Waals surface area contributed by atoms with Gasteiger partial charge in [0.2, 0.25) is 0 Å². The summed E-state index contributed by atoms with van der Waals surface area (Å²) < 4.78 is 0. The molecular formula is C14H10ClN3O5. The summed E-state index contributed by atoms with van der Waals surface area (Å²) in [5.74, 6) is -1.24. The number of hydrogen-bond donors (Lipinski definition) is 3. The van der Waals surface area contributed by atoms with Crippen molar-refractivity contribution in [1.82, 2.24) is 5.43 Å². The number of nitrogens with zero attached hydrogens (tertiary/aromatic N) is 2. The van der Waals surface area contributed by atoms with Gasteiger partial charge in [0.05, 0.1) is 11.1 Å². The fourth-order valence-corrected chi connectivity index (χ4v) is 1.86. The van der Waals surface area contributed by atoms with Gasteiger partial charge in [0, 0.05) is 34.3 Å². The number of phenolic OH excluding ortho intramolecular Hbond substituents is 2. The Labute approximate surface area is 134 Å². The number of hydrazone groups is 1. The standard InChI is InChI=1S/C14H10ClN3O5/c15-13-2-1-10(18(22)23)3-9(13)7-16-17-14(21)8-4-11(19)6-12(20)5-8/h1-7,19-20H,(H,17,21)/b16-7-. The molecule has 2 aromatic rings. The minimum Gasteiger partial charge on any atom is -0.508 e. The van der Waals surface area contributed by atoms with Gasteiger partial charge in [0.1, 0.15) is 11.5 Å². The van der Waals surface area contributed by atoms with E-state index in [2.05, 4.69) is 10.5 Å². The van der Waals surface area contributed by atoms with E-state index in [1.165, 1.54) is 18.2 Å². The molecule has 0 unspecified atom stereocenters. The monoisotopic (exact) mass is 335 g/mol. The van der Waals surface area contributed by atoms with Crippen molar-refractivity contribution in [1.29, 1.82) is 0 Å². The van der Waals surface area contributed by atoms with Gasteiger partial charge in [-0.25, -0.2) is 5.43 Å².